The van der Waals surface area contributed by atoms with Crippen LogP contribution in [0, 0.1) is 0 Å². The number of piperidine rings is 1. The molecule has 0 saturated carbocycles. The summed E-state index contributed by atoms with van der Waals surface area (Å²) in [5, 5.41) is 13.3. The second-order valence-corrected chi connectivity index (χ2v) is 4.84. The van der Waals surface area contributed by atoms with Gasteiger partial charge in [0.05, 0.1) is 11.2 Å². The summed E-state index contributed by atoms with van der Waals surface area (Å²) in [7, 11) is 0. The molecule has 0 bridgehead atoms. The number of aliphatic hydroxyl groups is 1. The smallest absolute Gasteiger partial charge is 0.388 e. The standard InChI is InChI=1S/C13H16F3NO/c14-13(15,16)11-5-2-1-4-10(11)8-12(18)6-3-7-17-9-12/h1-2,4-5,17-18H,3,6-9H2. The molecule has 18 heavy (non-hydrogen) atoms. The molecule has 0 radical (unpaired) electrons. The minimum absolute atomic E-state index is 0.0374. The average molecular weight is 259 g/mol. The van der Waals surface area contributed by atoms with Gasteiger partial charge in [0, 0.05) is 13.0 Å². The molecule has 1 aliphatic heterocycles. The molecule has 5 heteroatoms. The van der Waals surface area contributed by atoms with E-state index >= 15 is 0 Å². The van der Waals surface area contributed by atoms with Crippen molar-refractivity contribution >= 4 is 0 Å². The molecule has 1 aliphatic rings. The zero-order valence-electron chi connectivity index (χ0n) is 9.93. The lowest BCUT2D eigenvalue weighted by Gasteiger charge is -2.33. The molecule has 100 valence electrons. The van der Waals surface area contributed by atoms with E-state index in [2.05, 4.69) is 5.32 Å². The Morgan fingerprint density at radius 3 is 2.61 bits per heavy atom. The lowest BCUT2D eigenvalue weighted by Crippen LogP contribution is -2.47. The minimum atomic E-state index is -4.37. The first-order valence-corrected chi connectivity index (χ1v) is 5.99. The van der Waals surface area contributed by atoms with Crippen molar-refractivity contribution in [3.63, 3.8) is 0 Å². The van der Waals surface area contributed by atoms with Crippen molar-refractivity contribution < 1.29 is 18.3 Å². The first-order chi connectivity index (χ1) is 8.41. The molecule has 1 aromatic carbocycles. The third-order valence-corrected chi connectivity index (χ3v) is 3.29. The summed E-state index contributed by atoms with van der Waals surface area (Å²) in [5.74, 6) is 0. The maximum atomic E-state index is 12.8. The molecule has 1 heterocycles. The van der Waals surface area contributed by atoms with Gasteiger partial charge in [0.15, 0.2) is 0 Å². The topological polar surface area (TPSA) is 32.3 Å². The molecular formula is C13H16F3NO. The second kappa shape index (κ2) is 4.90. The van der Waals surface area contributed by atoms with Crippen LogP contribution in [0.15, 0.2) is 24.3 Å². The number of benzene rings is 1. The number of alkyl halides is 3. The summed E-state index contributed by atoms with van der Waals surface area (Å²) in [6.45, 7) is 1.16. The molecular weight excluding hydrogens is 243 g/mol. The van der Waals surface area contributed by atoms with Gasteiger partial charge in [-0.25, -0.2) is 0 Å². The zero-order chi connectivity index (χ0) is 13.2. The van der Waals surface area contributed by atoms with E-state index in [0.29, 0.717) is 13.0 Å². The summed E-state index contributed by atoms with van der Waals surface area (Å²) in [5.41, 5.74) is -1.56. The Bertz CT molecular complexity index is 411. The van der Waals surface area contributed by atoms with Gasteiger partial charge in [-0.1, -0.05) is 18.2 Å². The van der Waals surface area contributed by atoms with Crippen LogP contribution in [0.1, 0.15) is 24.0 Å². The van der Waals surface area contributed by atoms with Gasteiger partial charge in [-0.3, -0.25) is 0 Å². The average Bonchev–Trinajstić information content (AvgIpc) is 2.28. The molecule has 2 rings (SSSR count). The molecule has 0 spiro atoms. The van der Waals surface area contributed by atoms with Gasteiger partial charge in [0.1, 0.15) is 0 Å². The molecule has 0 aliphatic carbocycles. The molecule has 0 amide bonds. The van der Waals surface area contributed by atoms with Gasteiger partial charge >= 0.3 is 6.18 Å². The van der Waals surface area contributed by atoms with Crippen molar-refractivity contribution in [2.24, 2.45) is 0 Å². The van der Waals surface area contributed by atoms with Crippen molar-refractivity contribution in [3.05, 3.63) is 35.4 Å². The largest absolute Gasteiger partial charge is 0.416 e. The number of rotatable bonds is 2. The Morgan fingerprint density at radius 2 is 2.00 bits per heavy atom. The van der Waals surface area contributed by atoms with E-state index < -0.39 is 17.3 Å². The summed E-state index contributed by atoms with van der Waals surface area (Å²) in [6, 6.07) is 5.45. The van der Waals surface area contributed by atoms with E-state index in [1.54, 1.807) is 6.07 Å². The Hall–Kier alpha value is -1.07. The van der Waals surface area contributed by atoms with Gasteiger partial charge < -0.3 is 10.4 Å². The van der Waals surface area contributed by atoms with Crippen LogP contribution in [-0.4, -0.2) is 23.8 Å². The minimum Gasteiger partial charge on any atom is -0.388 e. The van der Waals surface area contributed by atoms with Crippen LogP contribution in [0.4, 0.5) is 13.2 Å². The molecule has 1 saturated heterocycles. The van der Waals surface area contributed by atoms with Gasteiger partial charge in [-0.15, -0.1) is 0 Å². The summed E-state index contributed by atoms with van der Waals surface area (Å²) in [4.78, 5) is 0. The van der Waals surface area contributed by atoms with Crippen LogP contribution in [0.2, 0.25) is 0 Å². The van der Waals surface area contributed by atoms with E-state index in [1.165, 1.54) is 12.1 Å². The van der Waals surface area contributed by atoms with Crippen molar-refractivity contribution in [2.45, 2.75) is 31.0 Å². The Balaban J connectivity index is 2.23. The highest BCUT2D eigenvalue weighted by molar-refractivity contribution is 5.31. The predicted molar refractivity (Wildman–Crippen MR) is 62.2 cm³/mol. The van der Waals surface area contributed by atoms with Gasteiger partial charge in [0.25, 0.3) is 0 Å². The highest BCUT2D eigenvalue weighted by Gasteiger charge is 2.36. The number of β-amino-alcohol motifs (C(OH)–C–C–N with tert-alkyl or cyclic N) is 1. The van der Waals surface area contributed by atoms with Crippen LogP contribution >= 0.6 is 0 Å². The third-order valence-electron chi connectivity index (χ3n) is 3.29. The van der Waals surface area contributed by atoms with Crippen LogP contribution < -0.4 is 5.32 Å². The van der Waals surface area contributed by atoms with E-state index in [1.807, 2.05) is 0 Å². The predicted octanol–water partition coefficient (Wildman–Crippen LogP) is 2.36. The van der Waals surface area contributed by atoms with Crippen LogP contribution in [0.5, 0.6) is 0 Å². The number of hydrogen-bond acceptors (Lipinski definition) is 2. The molecule has 0 aromatic heterocycles. The molecule has 1 fully saturated rings. The SMILES string of the molecule is OC1(Cc2ccccc2C(F)(F)F)CCCNC1. The van der Waals surface area contributed by atoms with Crippen molar-refractivity contribution in [2.75, 3.05) is 13.1 Å². The Morgan fingerprint density at radius 1 is 1.28 bits per heavy atom. The van der Waals surface area contributed by atoms with Crippen LogP contribution in [0.3, 0.4) is 0 Å². The first kappa shape index (κ1) is 13.4. The zero-order valence-corrected chi connectivity index (χ0v) is 9.93. The van der Waals surface area contributed by atoms with E-state index in [4.69, 9.17) is 0 Å². The van der Waals surface area contributed by atoms with E-state index in [0.717, 1.165) is 19.0 Å². The highest BCUT2D eigenvalue weighted by atomic mass is 19.4. The first-order valence-electron chi connectivity index (χ1n) is 5.99. The molecule has 1 aromatic rings. The van der Waals surface area contributed by atoms with Crippen LogP contribution in [-0.2, 0) is 12.6 Å². The quantitative estimate of drug-likeness (QED) is 0.854. The molecule has 2 nitrogen and oxygen atoms in total. The molecule has 2 N–H and O–H groups in total. The lowest BCUT2D eigenvalue weighted by atomic mass is 9.86. The van der Waals surface area contributed by atoms with Crippen LogP contribution in [0.25, 0.3) is 0 Å². The fourth-order valence-corrected chi connectivity index (χ4v) is 2.41. The number of hydrogen-bond donors (Lipinski definition) is 2. The highest BCUT2D eigenvalue weighted by Crippen LogP contribution is 2.34. The fraction of sp³-hybridized carbons (Fsp3) is 0.538. The van der Waals surface area contributed by atoms with Crippen molar-refractivity contribution in [1.29, 1.82) is 0 Å². The maximum absolute atomic E-state index is 12.8. The maximum Gasteiger partial charge on any atom is 0.416 e. The second-order valence-electron chi connectivity index (χ2n) is 4.84. The normalized spacial score (nSPS) is 25.1. The fourth-order valence-electron chi connectivity index (χ4n) is 2.41. The summed E-state index contributed by atoms with van der Waals surface area (Å²) < 4.78 is 38.5. The summed E-state index contributed by atoms with van der Waals surface area (Å²) in [6.07, 6.45) is -3.01. The Labute approximate surface area is 104 Å². The van der Waals surface area contributed by atoms with E-state index in [9.17, 15) is 18.3 Å². The van der Waals surface area contributed by atoms with E-state index in [-0.39, 0.29) is 12.0 Å². The van der Waals surface area contributed by atoms with Gasteiger partial charge in [0.2, 0.25) is 0 Å². The lowest BCUT2D eigenvalue weighted by molar-refractivity contribution is -0.138. The monoisotopic (exact) mass is 259 g/mol. The summed E-state index contributed by atoms with van der Waals surface area (Å²) >= 11 is 0. The molecule has 1 atom stereocenters. The van der Waals surface area contributed by atoms with Gasteiger partial charge in [-0.2, -0.15) is 13.2 Å². The van der Waals surface area contributed by atoms with Crippen molar-refractivity contribution in [1.82, 2.24) is 5.32 Å². The Kier molecular flexibility index (Phi) is 3.64. The molecule has 1 unspecified atom stereocenters. The number of nitrogens with one attached hydrogen (secondary N) is 1. The van der Waals surface area contributed by atoms with Crippen molar-refractivity contribution in [3.8, 4) is 0 Å². The third kappa shape index (κ3) is 3.03. The number of halogens is 3. The van der Waals surface area contributed by atoms with Gasteiger partial charge in [-0.05, 0) is 31.0 Å².